The molecule has 10 nitrogen and oxygen atoms in total. The van der Waals surface area contributed by atoms with Crippen LogP contribution in [-0.4, -0.2) is 62.4 Å². The number of carbonyl (C=O) groups is 1. The summed E-state index contributed by atoms with van der Waals surface area (Å²) in [6, 6.07) is 19.8. The lowest BCUT2D eigenvalue weighted by Crippen LogP contribution is -2.44. The fourth-order valence-electron chi connectivity index (χ4n) is 4.11. The molecule has 0 radical (unpaired) electrons. The van der Waals surface area contributed by atoms with Gasteiger partial charge in [0.2, 0.25) is 0 Å². The van der Waals surface area contributed by atoms with E-state index in [1.165, 1.54) is 18.3 Å². The molecule has 0 saturated carbocycles. The number of carbonyl (C=O) groups excluding carboxylic acids is 1. The minimum Gasteiger partial charge on any atom is -0.453 e. The summed E-state index contributed by atoms with van der Waals surface area (Å²) in [5, 5.41) is 2.74. The average Bonchev–Trinajstić information content (AvgIpc) is 2.95. The van der Waals surface area contributed by atoms with Crippen LogP contribution >= 0.6 is 0 Å². The maximum atomic E-state index is 13.3. The molecular weight excluding hydrogens is 516 g/mol. The molecular formula is C28H28N6O4S. The van der Waals surface area contributed by atoms with E-state index in [9.17, 15) is 13.2 Å². The van der Waals surface area contributed by atoms with Gasteiger partial charge in [-0.25, -0.2) is 13.4 Å². The van der Waals surface area contributed by atoms with Crippen molar-refractivity contribution in [1.29, 1.82) is 0 Å². The second-order valence-electron chi connectivity index (χ2n) is 9.07. The maximum absolute atomic E-state index is 13.3. The fraction of sp³-hybridized carbons (Fsp3) is 0.179. The van der Waals surface area contributed by atoms with Crippen molar-refractivity contribution < 1.29 is 17.9 Å². The van der Waals surface area contributed by atoms with Crippen molar-refractivity contribution in [3.63, 3.8) is 0 Å². The van der Waals surface area contributed by atoms with E-state index < -0.39 is 10.0 Å². The number of hydrogen-bond acceptors (Lipinski definition) is 8. The molecule has 3 heterocycles. The molecule has 0 atom stereocenters. The summed E-state index contributed by atoms with van der Waals surface area (Å²) < 4.78 is 35.3. The van der Waals surface area contributed by atoms with E-state index in [0.29, 0.717) is 28.6 Å². The SMILES string of the molecule is CN1CCN(c2ncc(NS(=O)(=O)c3cccc(NC(=O)c4ccccc4)c3)cc2Oc2ccncc2)CC1. The second-order valence-corrected chi connectivity index (χ2v) is 10.8. The van der Waals surface area contributed by atoms with Gasteiger partial charge in [0.25, 0.3) is 15.9 Å². The number of sulfonamides is 1. The van der Waals surface area contributed by atoms with Crippen molar-refractivity contribution in [3.8, 4) is 11.5 Å². The molecule has 1 amide bonds. The molecule has 11 heteroatoms. The van der Waals surface area contributed by atoms with E-state index in [2.05, 4.69) is 36.9 Å². The lowest BCUT2D eigenvalue weighted by Gasteiger charge is -2.34. The van der Waals surface area contributed by atoms with Crippen molar-refractivity contribution in [1.82, 2.24) is 14.9 Å². The minimum atomic E-state index is -4.00. The van der Waals surface area contributed by atoms with Gasteiger partial charge >= 0.3 is 0 Å². The molecule has 4 aromatic rings. The molecule has 0 bridgehead atoms. The normalized spacial score (nSPS) is 14.0. The highest BCUT2D eigenvalue weighted by Gasteiger charge is 2.22. The van der Waals surface area contributed by atoms with Crippen LogP contribution < -0.4 is 19.7 Å². The molecule has 2 aromatic carbocycles. The molecule has 0 spiro atoms. The van der Waals surface area contributed by atoms with Crippen LogP contribution in [0.2, 0.25) is 0 Å². The number of anilines is 3. The first kappa shape index (κ1) is 26.1. The van der Waals surface area contributed by atoms with Gasteiger partial charge in [-0.15, -0.1) is 0 Å². The Morgan fingerprint density at radius 3 is 2.38 bits per heavy atom. The quantitative estimate of drug-likeness (QED) is 0.341. The smallest absolute Gasteiger partial charge is 0.262 e. The van der Waals surface area contributed by atoms with Crippen molar-refractivity contribution in [2.24, 2.45) is 0 Å². The van der Waals surface area contributed by atoms with Gasteiger partial charge in [-0.05, 0) is 49.5 Å². The van der Waals surface area contributed by atoms with Crippen molar-refractivity contribution in [3.05, 3.63) is 97.0 Å². The Kier molecular flexibility index (Phi) is 7.71. The summed E-state index contributed by atoms with van der Waals surface area (Å²) >= 11 is 0. The number of benzene rings is 2. The van der Waals surface area contributed by atoms with Crippen molar-refractivity contribution in [2.75, 3.05) is 48.2 Å². The summed E-state index contributed by atoms with van der Waals surface area (Å²) in [7, 11) is -1.93. The highest BCUT2D eigenvalue weighted by Crippen LogP contribution is 2.34. The molecule has 2 aromatic heterocycles. The van der Waals surface area contributed by atoms with Crippen LogP contribution in [0, 0.1) is 0 Å². The fourth-order valence-corrected chi connectivity index (χ4v) is 5.18. The third-order valence-electron chi connectivity index (χ3n) is 6.20. The average molecular weight is 545 g/mol. The predicted octanol–water partition coefficient (Wildman–Crippen LogP) is 4.07. The lowest BCUT2D eigenvalue weighted by molar-refractivity contribution is 0.102. The molecule has 39 heavy (non-hydrogen) atoms. The molecule has 1 saturated heterocycles. The number of ether oxygens (including phenoxy) is 1. The number of piperazine rings is 1. The topological polar surface area (TPSA) is 117 Å². The van der Waals surface area contributed by atoms with Gasteiger partial charge < -0.3 is 19.9 Å². The standard InChI is InChI=1S/C28H28N6O4S/c1-33-14-16-34(17-15-33)27-26(38-24-10-12-29-13-11-24)19-23(20-30-27)32-39(36,37)25-9-5-8-22(18-25)31-28(35)21-6-3-2-4-7-21/h2-13,18-20,32H,14-17H2,1H3,(H,31,35). The zero-order chi connectivity index (χ0) is 27.2. The van der Waals surface area contributed by atoms with Crippen LogP contribution in [0.5, 0.6) is 11.5 Å². The third kappa shape index (κ3) is 6.51. The van der Waals surface area contributed by atoms with E-state index in [4.69, 9.17) is 4.74 Å². The summed E-state index contributed by atoms with van der Waals surface area (Å²) in [6.07, 6.45) is 4.72. The first-order chi connectivity index (χ1) is 18.9. The number of nitrogens with zero attached hydrogens (tertiary/aromatic N) is 4. The van der Waals surface area contributed by atoms with Crippen LogP contribution in [0.4, 0.5) is 17.2 Å². The Hall–Kier alpha value is -4.48. The van der Waals surface area contributed by atoms with E-state index in [0.717, 1.165) is 26.2 Å². The number of nitrogens with one attached hydrogen (secondary N) is 2. The molecule has 5 rings (SSSR count). The molecule has 2 N–H and O–H groups in total. The maximum Gasteiger partial charge on any atom is 0.262 e. The summed E-state index contributed by atoms with van der Waals surface area (Å²) in [5.74, 6) is 1.28. The van der Waals surface area contributed by atoms with Crippen LogP contribution in [0.1, 0.15) is 10.4 Å². The van der Waals surface area contributed by atoms with E-state index in [1.54, 1.807) is 67.0 Å². The van der Waals surface area contributed by atoms with Gasteiger partial charge in [-0.2, -0.15) is 0 Å². The number of pyridine rings is 2. The van der Waals surface area contributed by atoms with Crippen molar-refractivity contribution in [2.45, 2.75) is 4.90 Å². The Morgan fingerprint density at radius 2 is 1.64 bits per heavy atom. The first-order valence-corrected chi connectivity index (χ1v) is 13.9. The van der Waals surface area contributed by atoms with E-state index in [1.807, 2.05) is 6.07 Å². The molecule has 0 aliphatic carbocycles. The van der Waals surface area contributed by atoms with Gasteiger partial charge in [0.1, 0.15) is 5.75 Å². The van der Waals surface area contributed by atoms with Gasteiger partial charge in [0.05, 0.1) is 16.8 Å². The van der Waals surface area contributed by atoms with Gasteiger partial charge in [0, 0.05) is 55.9 Å². The number of aromatic nitrogens is 2. The summed E-state index contributed by atoms with van der Waals surface area (Å²) in [6.45, 7) is 3.29. The van der Waals surface area contributed by atoms with Crippen LogP contribution in [0.3, 0.4) is 0 Å². The lowest BCUT2D eigenvalue weighted by atomic mass is 10.2. The first-order valence-electron chi connectivity index (χ1n) is 12.4. The Balaban J connectivity index is 1.38. The predicted molar refractivity (Wildman–Crippen MR) is 150 cm³/mol. The van der Waals surface area contributed by atoms with Crippen LogP contribution in [-0.2, 0) is 10.0 Å². The van der Waals surface area contributed by atoms with E-state index in [-0.39, 0.29) is 16.5 Å². The zero-order valence-corrected chi connectivity index (χ0v) is 22.1. The summed E-state index contributed by atoms with van der Waals surface area (Å²) in [4.78, 5) is 25.5. The van der Waals surface area contributed by atoms with Crippen LogP contribution in [0.15, 0.2) is 96.3 Å². The largest absolute Gasteiger partial charge is 0.453 e. The zero-order valence-electron chi connectivity index (χ0n) is 21.3. The number of rotatable bonds is 8. The Morgan fingerprint density at radius 1 is 0.897 bits per heavy atom. The highest BCUT2D eigenvalue weighted by molar-refractivity contribution is 7.92. The van der Waals surface area contributed by atoms with Gasteiger partial charge in [-0.3, -0.25) is 14.5 Å². The van der Waals surface area contributed by atoms with Gasteiger partial charge in [0.15, 0.2) is 11.6 Å². The van der Waals surface area contributed by atoms with Crippen molar-refractivity contribution >= 4 is 33.1 Å². The Labute approximate surface area is 227 Å². The molecule has 0 unspecified atom stereocenters. The van der Waals surface area contributed by atoms with E-state index >= 15 is 0 Å². The molecule has 200 valence electrons. The number of hydrogen-bond donors (Lipinski definition) is 2. The molecule has 1 fully saturated rings. The molecule has 1 aliphatic rings. The Bertz CT molecular complexity index is 1540. The highest BCUT2D eigenvalue weighted by atomic mass is 32.2. The monoisotopic (exact) mass is 544 g/mol. The van der Waals surface area contributed by atoms with Gasteiger partial charge in [-0.1, -0.05) is 24.3 Å². The molecule has 1 aliphatic heterocycles. The second kappa shape index (κ2) is 11.5. The summed E-state index contributed by atoms with van der Waals surface area (Å²) in [5.41, 5.74) is 1.07. The van der Waals surface area contributed by atoms with Crippen LogP contribution in [0.25, 0.3) is 0 Å². The number of likely N-dealkylation sites (N-methyl/N-ethyl adjacent to an activating group) is 1. The minimum absolute atomic E-state index is 0.00638. The third-order valence-corrected chi connectivity index (χ3v) is 7.58. The number of amides is 1.